The third-order valence-corrected chi connectivity index (χ3v) is 4.14. The quantitative estimate of drug-likeness (QED) is 0.805. The normalized spacial score (nSPS) is 12.5. The number of thiophene rings is 1. The van der Waals surface area contributed by atoms with Crippen LogP contribution in [-0.2, 0) is 12.8 Å². The van der Waals surface area contributed by atoms with Crippen LogP contribution in [-0.4, -0.2) is 12.6 Å². The molecular weight excluding hydrogens is 257 g/mol. The molecule has 1 atom stereocenters. The minimum atomic E-state index is -0.165. The molecule has 0 spiro atoms. The Labute approximate surface area is 118 Å². The Hall–Kier alpha value is -1.19. The van der Waals surface area contributed by atoms with E-state index in [1.54, 1.807) is 0 Å². The van der Waals surface area contributed by atoms with Gasteiger partial charge in [-0.2, -0.15) is 0 Å². The standard InChI is InChI=1S/C16H20FNS/c1-2-18-15(9-10-16-4-3-11-19-16)12-13-5-7-14(17)8-6-13/h3-8,11,15,18H,2,9-10,12H2,1H3. The molecule has 1 unspecified atom stereocenters. The molecule has 3 heteroatoms. The van der Waals surface area contributed by atoms with Gasteiger partial charge in [-0.25, -0.2) is 4.39 Å². The van der Waals surface area contributed by atoms with E-state index in [1.165, 1.54) is 22.6 Å². The summed E-state index contributed by atoms with van der Waals surface area (Å²) in [5.41, 5.74) is 1.19. The van der Waals surface area contributed by atoms with Gasteiger partial charge in [-0.3, -0.25) is 0 Å². The Kier molecular flexibility index (Phi) is 5.55. The maximum Gasteiger partial charge on any atom is 0.123 e. The van der Waals surface area contributed by atoms with Crippen molar-refractivity contribution in [3.05, 3.63) is 58.0 Å². The van der Waals surface area contributed by atoms with Crippen LogP contribution in [0.1, 0.15) is 23.8 Å². The smallest absolute Gasteiger partial charge is 0.123 e. The number of nitrogens with one attached hydrogen (secondary N) is 1. The number of benzene rings is 1. The van der Waals surface area contributed by atoms with E-state index in [-0.39, 0.29) is 5.82 Å². The Morgan fingerprint density at radius 2 is 2.00 bits per heavy atom. The second-order valence-electron chi connectivity index (χ2n) is 4.70. The Morgan fingerprint density at radius 3 is 2.63 bits per heavy atom. The highest BCUT2D eigenvalue weighted by molar-refractivity contribution is 7.09. The van der Waals surface area contributed by atoms with Crippen LogP contribution in [0.3, 0.4) is 0 Å². The van der Waals surface area contributed by atoms with Gasteiger partial charge in [0.1, 0.15) is 5.82 Å². The average Bonchev–Trinajstić information content (AvgIpc) is 2.92. The van der Waals surface area contributed by atoms with Gasteiger partial charge in [0.15, 0.2) is 0 Å². The minimum absolute atomic E-state index is 0.165. The fraction of sp³-hybridized carbons (Fsp3) is 0.375. The fourth-order valence-electron chi connectivity index (χ4n) is 2.24. The molecule has 1 aromatic heterocycles. The van der Waals surface area contributed by atoms with Crippen molar-refractivity contribution in [3.8, 4) is 0 Å². The zero-order valence-electron chi connectivity index (χ0n) is 11.2. The van der Waals surface area contributed by atoms with Crippen LogP contribution in [0.4, 0.5) is 4.39 Å². The zero-order chi connectivity index (χ0) is 13.5. The molecule has 2 aromatic rings. The number of rotatable bonds is 7. The SMILES string of the molecule is CCNC(CCc1cccs1)Cc1ccc(F)cc1. The van der Waals surface area contributed by atoms with E-state index < -0.39 is 0 Å². The first-order chi connectivity index (χ1) is 9.28. The molecule has 2 rings (SSSR count). The number of hydrogen-bond acceptors (Lipinski definition) is 2. The summed E-state index contributed by atoms with van der Waals surface area (Å²) in [7, 11) is 0. The van der Waals surface area contributed by atoms with Crippen molar-refractivity contribution in [2.75, 3.05) is 6.54 Å². The summed E-state index contributed by atoms with van der Waals surface area (Å²) >= 11 is 1.81. The van der Waals surface area contributed by atoms with Crippen LogP contribution in [0.15, 0.2) is 41.8 Å². The Morgan fingerprint density at radius 1 is 1.21 bits per heavy atom. The van der Waals surface area contributed by atoms with Crippen molar-refractivity contribution < 1.29 is 4.39 Å². The highest BCUT2D eigenvalue weighted by Crippen LogP contribution is 2.14. The molecule has 0 aliphatic heterocycles. The van der Waals surface area contributed by atoms with Gasteiger partial charge >= 0.3 is 0 Å². The van der Waals surface area contributed by atoms with Gasteiger partial charge in [0, 0.05) is 10.9 Å². The summed E-state index contributed by atoms with van der Waals surface area (Å²) in [5.74, 6) is -0.165. The van der Waals surface area contributed by atoms with E-state index in [9.17, 15) is 4.39 Å². The third kappa shape index (κ3) is 4.77. The molecule has 0 amide bonds. The molecule has 0 bridgehead atoms. The first kappa shape index (κ1) is 14.2. The molecule has 0 saturated carbocycles. The highest BCUT2D eigenvalue weighted by atomic mass is 32.1. The molecule has 102 valence electrons. The highest BCUT2D eigenvalue weighted by Gasteiger charge is 2.09. The number of hydrogen-bond donors (Lipinski definition) is 1. The number of likely N-dealkylation sites (N-methyl/N-ethyl adjacent to an activating group) is 1. The summed E-state index contributed by atoms with van der Waals surface area (Å²) < 4.78 is 12.9. The van der Waals surface area contributed by atoms with Gasteiger partial charge in [-0.05, 0) is 54.9 Å². The van der Waals surface area contributed by atoms with Gasteiger partial charge in [0.05, 0.1) is 0 Å². The van der Waals surface area contributed by atoms with Crippen LogP contribution in [0, 0.1) is 5.82 Å². The van der Waals surface area contributed by atoms with Crippen LogP contribution in [0.5, 0.6) is 0 Å². The van der Waals surface area contributed by atoms with Crippen LogP contribution >= 0.6 is 11.3 Å². The lowest BCUT2D eigenvalue weighted by atomic mass is 10.0. The maximum absolute atomic E-state index is 12.9. The second-order valence-corrected chi connectivity index (χ2v) is 5.74. The van der Waals surface area contributed by atoms with E-state index >= 15 is 0 Å². The molecule has 19 heavy (non-hydrogen) atoms. The molecule has 0 saturated heterocycles. The number of aryl methyl sites for hydroxylation is 1. The van der Waals surface area contributed by atoms with Crippen molar-refractivity contribution in [2.45, 2.75) is 32.2 Å². The molecule has 1 nitrogen and oxygen atoms in total. The van der Waals surface area contributed by atoms with E-state index in [2.05, 4.69) is 29.8 Å². The molecule has 0 fully saturated rings. The lowest BCUT2D eigenvalue weighted by Crippen LogP contribution is -2.31. The summed E-state index contributed by atoms with van der Waals surface area (Å²) in [6.07, 6.45) is 3.18. The topological polar surface area (TPSA) is 12.0 Å². The molecule has 0 aliphatic carbocycles. The largest absolute Gasteiger partial charge is 0.314 e. The van der Waals surface area contributed by atoms with E-state index in [1.807, 2.05) is 23.5 Å². The van der Waals surface area contributed by atoms with E-state index in [4.69, 9.17) is 0 Å². The minimum Gasteiger partial charge on any atom is -0.314 e. The van der Waals surface area contributed by atoms with Gasteiger partial charge in [0.25, 0.3) is 0 Å². The van der Waals surface area contributed by atoms with Crippen LogP contribution < -0.4 is 5.32 Å². The second kappa shape index (κ2) is 7.41. The van der Waals surface area contributed by atoms with Crippen molar-refractivity contribution in [1.82, 2.24) is 5.32 Å². The van der Waals surface area contributed by atoms with Crippen molar-refractivity contribution in [1.29, 1.82) is 0 Å². The first-order valence-electron chi connectivity index (χ1n) is 6.78. The number of halogens is 1. The predicted molar refractivity (Wildman–Crippen MR) is 80.2 cm³/mol. The molecule has 0 aliphatic rings. The van der Waals surface area contributed by atoms with Crippen LogP contribution in [0.2, 0.25) is 0 Å². The van der Waals surface area contributed by atoms with Crippen molar-refractivity contribution in [2.24, 2.45) is 0 Å². The lowest BCUT2D eigenvalue weighted by Gasteiger charge is -2.17. The zero-order valence-corrected chi connectivity index (χ0v) is 12.0. The third-order valence-electron chi connectivity index (χ3n) is 3.21. The lowest BCUT2D eigenvalue weighted by molar-refractivity contribution is 0.492. The average molecular weight is 277 g/mol. The molecule has 1 heterocycles. The van der Waals surface area contributed by atoms with Gasteiger partial charge in [-0.1, -0.05) is 25.1 Å². The van der Waals surface area contributed by atoms with Gasteiger partial charge in [0.2, 0.25) is 0 Å². The van der Waals surface area contributed by atoms with E-state index in [0.717, 1.165) is 25.8 Å². The van der Waals surface area contributed by atoms with Gasteiger partial charge < -0.3 is 5.32 Å². The Bertz CT molecular complexity index is 464. The van der Waals surface area contributed by atoms with Crippen LogP contribution in [0.25, 0.3) is 0 Å². The monoisotopic (exact) mass is 277 g/mol. The summed E-state index contributed by atoms with van der Waals surface area (Å²) in [6.45, 7) is 3.10. The molecule has 1 aromatic carbocycles. The predicted octanol–water partition coefficient (Wildman–Crippen LogP) is 4.04. The van der Waals surface area contributed by atoms with Crippen molar-refractivity contribution >= 4 is 11.3 Å². The first-order valence-corrected chi connectivity index (χ1v) is 7.66. The molecular formula is C16H20FNS. The Balaban J connectivity index is 1.89. The maximum atomic E-state index is 12.9. The molecule has 1 N–H and O–H groups in total. The summed E-state index contributed by atoms with van der Waals surface area (Å²) in [4.78, 5) is 1.43. The molecule has 0 radical (unpaired) electrons. The fourth-order valence-corrected chi connectivity index (χ4v) is 2.97. The van der Waals surface area contributed by atoms with E-state index in [0.29, 0.717) is 6.04 Å². The van der Waals surface area contributed by atoms with Crippen molar-refractivity contribution in [3.63, 3.8) is 0 Å². The summed E-state index contributed by atoms with van der Waals surface area (Å²) in [6, 6.07) is 11.6. The summed E-state index contributed by atoms with van der Waals surface area (Å²) in [5, 5.41) is 5.64. The van der Waals surface area contributed by atoms with Gasteiger partial charge in [-0.15, -0.1) is 11.3 Å².